The predicted octanol–water partition coefficient (Wildman–Crippen LogP) is 2.10. The van der Waals surface area contributed by atoms with E-state index < -0.39 is 28.0 Å². The molecule has 0 fully saturated rings. The van der Waals surface area contributed by atoms with E-state index in [1.165, 1.54) is 0 Å². The summed E-state index contributed by atoms with van der Waals surface area (Å²) in [5, 5.41) is 11.2. The highest BCUT2D eigenvalue weighted by atomic mass is 32.2. The molecule has 0 saturated carbocycles. The molecule has 0 saturated heterocycles. The third kappa shape index (κ3) is 2.56. The molecule has 0 amide bonds. The fraction of sp³-hybridized carbons (Fsp3) is 0.583. The van der Waals surface area contributed by atoms with Gasteiger partial charge in [0.2, 0.25) is 0 Å². The van der Waals surface area contributed by atoms with E-state index in [0.29, 0.717) is 6.42 Å². The number of hydrogen-bond donors (Lipinski definition) is 2. The molecule has 0 aliphatic heterocycles. The van der Waals surface area contributed by atoms with Gasteiger partial charge in [0.05, 0.1) is 12.0 Å². The second kappa shape index (κ2) is 4.85. The summed E-state index contributed by atoms with van der Waals surface area (Å²) >= 11 is 0.305. The Kier molecular flexibility index (Phi) is 3.73. The maximum Gasteiger partial charge on any atom is 0.308 e. The van der Waals surface area contributed by atoms with Crippen molar-refractivity contribution in [1.82, 2.24) is 4.72 Å². The van der Waals surface area contributed by atoms with Gasteiger partial charge in [-0.3, -0.25) is 4.79 Å². The molecule has 4 nitrogen and oxygen atoms in total. The molecule has 1 aliphatic carbocycles. The molecule has 6 heteroatoms. The standard InChI is InChI=1S/C12H17NO3S2/c1-12(2,3)18(16)13-10-7-4-5-17-9(7)6-8(10)11(14)15/h4-5,8,10,13H,6H2,1-3H3,(H,14,15)/t8-,10-,18+/m1/s1. The van der Waals surface area contributed by atoms with Crippen LogP contribution in [0.3, 0.4) is 0 Å². The second-order valence-electron chi connectivity index (χ2n) is 5.42. The van der Waals surface area contributed by atoms with Gasteiger partial charge in [-0.25, -0.2) is 0 Å². The quantitative estimate of drug-likeness (QED) is 0.835. The zero-order valence-corrected chi connectivity index (χ0v) is 12.2. The van der Waals surface area contributed by atoms with Gasteiger partial charge in [-0.15, -0.1) is 16.1 Å². The minimum Gasteiger partial charge on any atom is -0.598 e. The van der Waals surface area contributed by atoms with Crippen molar-refractivity contribution >= 4 is 28.7 Å². The Labute approximate surface area is 114 Å². The van der Waals surface area contributed by atoms with Crippen LogP contribution in [0.25, 0.3) is 0 Å². The summed E-state index contributed by atoms with van der Waals surface area (Å²) in [6, 6.07) is 1.59. The lowest BCUT2D eigenvalue weighted by Crippen LogP contribution is -2.43. The van der Waals surface area contributed by atoms with Crippen LogP contribution in [-0.4, -0.2) is 20.4 Å². The molecular weight excluding hydrogens is 270 g/mol. The summed E-state index contributed by atoms with van der Waals surface area (Å²) in [5.41, 5.74) is 0.991. The van der Waals surface area contributed by atoms with E-state index in [1.54, 1.807) is 11.3 Å². The van der Waals surface area contributed by atoms with Crippen LogP contribution in [0.2, 0.25) is 0 Å². The molecule has 0 radical (unpaired) electrons. The Morgan fingerprint density at radius 3 is 2.83 bits per heavy atom. The van der Waals surface area contributed by atoms with E-state index in [0.717, 1.165) is 10.4 Å². The number of nitrogens with one attached hydrogen (secondary N) is 1. The Hall–Kier alpha value is -0.560. The second-order valence-corrected chi connectivity index (χ2v) is 8.42. The van der Waals surface area contributed by atoms with Crippen molar-refractivity contribution in [2.75, 3.05) is 0 Å². The lowest BCUT2D eigenvalue weighted by Gasteiger charge is -2.28. The van der Waals surface area contributed by atoms with Crippen molar-refractivity contribution in [3.63, 3.8) is 0 Å². The first kappa shape index (κ1) is 13.9. The van der Waals surface area contributed by atoms with Gasteiger partial charge in [0.1, 0.15) is 4.75 Å². The largest absolute Gasteiger partial charge is 0.598 e. The first-order chi connectivity index (χ1) is 8.30. The van der Waals surface area contributed by atoms with Gasteiger partial charge in [-0.05, 0) is 44.2 Å². The molecule has 0 aromatic carbocycles. The average molecular weight is 287 g/mol. The molecule has 0 bridgehead atoms. The van der Waals surface area contributed by atoms with Gasteiger partial charge in [0.15, 0.2) is 0 Å². The maximum atomic E-state index is 12.1. The summed E-state index contributed by atoms with van der Waals surface area (Å²) in [6.45, 7) is 5.61. The molecule has 18 heavy (non-hydrogen) atoms. The van der Waals surface area contributed by atoms with Crippen molar-refractivity contribution in [1.29, 1.82) is 0 Å². The summed E-state index contributed by atoms with van der Waals surface area (Å²) < 4.78 is 14.7. The number of rotatable bonds is 3. The number of hydrogen-bond acceptors (Lipinski definition) is 4. The topological polar surface area (TPSA) is 72.4 Å². The van der Waals surface area contributed by atoms with E-state index >= 15 is 0 Å². The number of carboxylic acid groups (broad SMARTS) is 1. The van der Waals surface area contributed by atoms with Crippen LogP contribution >= 0.6 is 11.3 Å². The molecule has 3 atom stereocenters. The molecule has 1 heterocycles. The molecule has 2 N–H and O–H groups in total. The van der Waals surface area contributed by atoms with E-state index in [-0.39, 0.29) is 6.04 Å². The Morgan fingerprint density at radius 2 is 2.28 bits per heavy atom. The summed E-state index contributed by atoms with van der Waals surface area (Å²) in [4.78, 5) is 12.4. The highest BCUT2D eigenvalue weighted by molar-refractivity contribution is 7.90. The zero-order valence-electron chi connectivity index (χ0n) is 10.6. The van der Waals surface area contributed by atoms with E-state index in [1.807, 2.05) is 32.2 Å². The first-order valence-corrected chi connectivity index (χ1v) is 7.81. The fourth-order valence-electron chi connectivity index (χ4n) is 2.00. The zero-order chi connectivity index (χ0) is 13.5. The minimum absolute atomic E-state index is 0.344. The van der Waals surface area contributed by atoms with Gasteiger partial charge in [0, 0.05) is 16.2 Å². The van der Waals surface area contributed by atoms with Crippen LogP contribution < -0.4 is 4.72 Å². The molecule has 1 aromatic rings. The van der Waals surface area contributed by atoms with E-state index in [4.69, 9.17) is 0 Å². The number of fused-ring (bicyclic) bond motifs is 1. The van der Waals surface area contributed by atoms with Gasteiger partial charge >= 0.3 is 5.97 Å². The van der Waals surface area contributed by atoms with Gasteiger partial charge in [-0.2, -0.15) is 0 Å². The van der Waals surface area contributed by atoms with Crippen LogP contribution in [-0.2, 0) is 22.6 Å². The average Bonchev–Trinajstić information content (AvgIpc) is 2.78. The molecule has 2 rings (SSSR count). The molecule has 0 spiro atoms. The number of aliphatic carboxylic acids is 1. The normalized spacial score (nSPS) is 24.9. The Balaban J connectivity index is 2.21. The molecule has 1 aromatic heterocycles. The maximum absolute atomic E-state index is 12.1. The third-order valence-electron chi connectivity index (χ3n) is 3.03. The Morgan fingerprint density at radius 1 is 1.61 bits per heavy atom. The van der Waals surface area contributed by atoms with Gasteiger partial charge in [0.25, 0.3) is 0 Å². The molecule has 0 unspecified atom stereocenters. The van der Waals surface area contributed by atoms with Crippen LogP contribution in [0, 0.1) is 5.92 Å². The van der Waals surface area contributed by atoms with Crippen molar-refractivity contribution < 1.29 is 14.5 Å². The lowest BCUT2D eigenvalue weighted by atomic mass is 10.0. The number of carbonyl (C=O) groups is 1. The fourth-order valence-corrected chi connectivity index (χ4v) is 3.86. The smallest absolute Gasteiger partial charge is 0.308 e. The first-order valence-electron chi connectivity index (χ1n) is 5.78. The van der Waals surface area contributed by atoms with Crippen molar-refractivity contribution in [3.05, 3.63) is 21.9 Å². The molecule has 1 aliphatic rings. The summed E-state index contributed by atoms with van der Waals surface area (Å²) in [5.74, 6) is -1.35. The highest BCUT2D eigenvalue weighted by Crippen LogP contribution is 2.40. The van der Waals surface area contributed by atoms with Crippen LogP contribution in [0.5, 0.6) is 0 Å². The Bertz CT molecular complexity index is 452. The minimum atomic E-state index is -1.26. The van der Waals surface area contributed by atoms with Crippen molar-refractivity contribution in [3.8, 4) is 0 Å². The van der Waals surface area contributed by atoms with Crippen LogP contribution in [0.4, 0.5) is 0 Å². The lowest BCUT2D eigenvalue weighted by molar-refractivity contribution is -0.142. The number of thiophene rings is 1. The predicted molar refractivity (Wildman–Crippen MR) is 72.9 cm³/mol. The van der Waals surface area contributed by atoms with Crippen molar-refractivity contribution in [2.24, 2.45) is 5.92 Å². The monoisotopic (exact) mass is 287 g/mol. The third-order valence-corrected chi connectivity index (χ3v) is 5.57. The van der Waals surface area contributed by atoms with Gasteiger partial charge in [-0.1, -0.05) is 0 Å². The molecular formula is C12H17NO3S2. The SMILES string of the molecule is CC(C)(C)[S@+]([O-])N[C@@H]1c2ccsc2C[C@H]1C(=O)O. The number of carboxylic acids is 1. The van der Waals surface area contributed by atoms with Crippen LogP contribution in [0.1, 0.15) is 37.3 Å². The summed E-state index contributed by atoms with van der Waals surface area (Å²) in [6.07, 6.45) is 0.529. The van der Waals surface area contributed by atoms with Crippen LogP contribution in [0.15, 0.2) is 11.4 Å². The van der Waals surface area contributed by atoms with Crippen molar-refractivity contribution in [2.45, 2.75) is 38.0 Å². The highest BCUT2D eigenvalue weighted by Gasteiger charge is 2.42. The van der Waals surface area contributed by atoms with E-state index in [2.05, 4.69) is 4.72 Å². The van der Waals surface area contributed by atoms with Gasteiger partial charge < -0.3 is 9.66 Å². The van der Waals surface area contributed by atoms with E-state index in [9.17, 15) is 14.5 Å². The summed E-state index contributed by atoms with van der Waals surface area (Å²) in [7, 11) is 0. The molecule has 100 valence electrons.